The fourth-order valence-electron chi connectivity index (χ4n) is 1.77. The topological polar surface area (TPSA) is 54.0 Å². The summed E-state index contributed by atoms with van der Waals surface area (Å²) in [5, 5.41) is 6.03. The van der Waals surface area contributed by atoms with E-state index < -0.39 is 0 Å². The van der Waals surface area contributed by atoms with E-state index in [4.69, 9.17) is 0 Å². The lowest BCUT2D eigenvalue weighted by molar-refractivity contribution is -0.114. The zero-order chi connectivity index (χ0) is 13.7. The van der Waals surface area contributed by atoms with Crippen molar-refractivity contribution in [2.24, 2.45) is 0 Å². The normalized spacial score (nSPS) is 10.0. The molecule has 0 bridgehead atoms. The highest BCUT2D eigenvalue weighted by Gasteiger charge is 1.98. The summed E-state index contributed by atoms with van der Waals surface area (Å²) in [5.74, 6) is -0.0651. The van der Waals surface area contributed by atoms with Gasteiger partial charge in [-0.25, -0.2) is 0 Å². The average molecular weight is 255 g/mol. The van der Waals surface area contributed by atoms with Gasteiger partial charge in [-0.1, -0.05) is 6.07 Å². The summed E-state index contributed by atoms with van der Waals surface area (Å²) < 4.78 is 0. The van der Waals surface area contributed by atoms with Gasteiger partial charge in [0.15, 0.2) is 0 Å². The highest BCUT2D eigenvalue weighted by Crippen LogP contribution is 2.14. The zero-order valence-corrected chi connectivity index (χ0v) is 11.1. The van der Waals surface area contributed by atoms with E-state index in [2.05, 4.69) is 15.6 Å². The van der Waals surface area contributed by atoms with Crippen LogP contribution in [0.3, 0.4) is 0 Å². The number of benzene rings is 1. The lowest BCUT2D eigenvalue weighted by atomic mass is 10.2. The number of aromatic nitrogens is 1. The molecular formula is C15H17N3O. The summed E-state index contributed by atoms with van der Waals surface area (Å²) in [6.07, 6.45) is 0. The monoisotopic (exact) mass is 255 g/mol. The second-order valence-electron chi connectivity index (χ2n) is 4.38. The van der Waals surface area contributed by atoms with Crippen LogP contribution in [0.2, 0.25) is 0 Å². The number of rotatable bonds is 4. The van der Waals surface area contributed by atoms with Crippen molar-refractivity contribution in [2.45, 2.75) is 20.4 Å². The van der Waals surface area contributed by atoms with Crippen molar-refractivity contribution >= 4 is 17.3 Å². The Bertz CT molecular complexity index is 564. The highest BCUT2D eigenvalue weighted by molar-refractivity contribution is 5.88. The van der Waals surface area contributed by atoms with Crippen LogP contribution in [0.1, 0.15) is 18.3 Å². The SMILES string of the molecule is CC(=O)Nc1ccc(NCc2cccc(C)n2)cc1. The molecule has 1 aromatic carbocycles. The molecule has 2 N–H and O–H groups in total. The van der Waals surface area contributed by atoms with E-state index in [1.807, 2.05) is 49.4 Å². The molecule has 19 heavy (non-hydrogen) atoms. The molecule has 0 atom stereocenters. The van der Waals surface area contributed by atoms with Crippen molar-refractivity contribution in [3.63, 3.8) is 0 Å². The Balaban J connectivity index is 1.94. The molecule has 2 rings (SSSR count). The molecule has 0 radical (unpaired) electrons. The number of aryl methyl sites for hydroxylation is 1. The molecule has 98 valence electrons. The first-order valence-electron chi connectivity index (χ1n) is 6.17. The first-order chi connectivity index (χ1) is 9.13. The molecule has 0 aliphatic rings. The average Bonchev–Trinajstić information content (AvgIpc) is 2.37. The van der Waals surface area contributed by atoms with Crippen LogP contribution in [0.15, 0.2) is 42.5 Å². The van der Waals surface area contributed by atoms with Gasteiger partial charge in [0.25, 0.3) is 0 Å². The minimum Gasteiger partial charge on any atom is -0.379 e. The maximum atomic E-state index is 10.9. The summed E-state index contributed by atoms with van der Waals surface area (Å²) in [4.78, 5) is 15.3. The lowest BCUT2D eigenvalue weighted by Gasteiger charge is -2.08. The first-order valence-corrected chi connectivity index (χ1v) is 6.17. The van der Waals surface area contributed by atoms with E-state index in [-0.39, 0.29) is 5.91 Å². The number of nitrogens with zero attached hydrogens (tertiary/aromatic N) is 1. The Morgan fingerprint density at radius 3 is 2.42 bits per heavy atom. The fourth-order valence-corrected chi connectivity index (χ4v) is 1.77. The van der Waals surface area contributed by atoms with E-state index in [9.17, 15) is 4.79 Å². The van der Waals surface area contributed by atoms with E-state index in [1.165, 1.54) is 6.92 Å². The second-order valence-corrected chi connectivity index (χ2v) is 4.38. The predicted octanol–water partition coefficient (Wildman–Crippen LogP) is 2.96. The van der Waals surface area contributed by atoms with Gasteiger partial charge in [0, 0.05) is 24.0 Å². The molecule has 0 saturated carbocycles. The molecule has 0 aliphatic carbocycles. The number of pyridine rings is 1. The summed E-state index contributed by atoms with van der Waals surface area (Å²) in [7, 11) is 0. The van der Waals surface area contributed by atoms with Gasteiger partial charge in [0.05, 0.1) is 12.2 Å². The Kier molecular flexibility index (Phi) is 4.13. The second kappa shape index (κ2) is 6.00. The van der Waals surface area contributed by atoms with Crippen molar-refractivity contribution in [1.82, 2.24) is 4.98 Å². The maximum Gasteiger partial charge on any atom is 0.221 e. The molecule has 0 saturated heterocycles. The predicted molar refractivity (Wildman–Crippen MR) is 77.0 cm³/mol. The number of anilines is 2. The Morgan fingerprint density at radius 2 is 1.79 bits per heavy atom. The van der Waals surface area contributed by atoms with Crippen LogP contribution in [0.4, 0.5) is 11.4 Å². The Labute approximate surface area is 112 Å². The van der Waals surface area contributed by atoms with Gasteiger partial charge in [-0.05, 0) is 43.3 Å². The largest absolute Gasteiger partial charge is 0.379 e. The van der Waals surface area contributed by atoms with Crippen LogP contribution in [0.25, 0.3) is 0 Å². The quantitative estimate of drug-likeness (QED) is 0.883. The molecule has 2 aromatic rings. The Hall–Kier alpha value is -2.36. The van der Waals surface area contributed by atoms with Crippen molar-refractivity contribution in [1.29, 1.82) is 0 Å². The van der Waals surface area contributed by atoms with Crippen molar-refractivity contribution in [2.75, 3.05) is 10.6 Å². The molecule has 4 nitrogen and oxygen atoms in total. The fraction of sp³-hybridized carbons (Fsp3) is 0.200. The lowest BCUT2D eigenvalue weighted by Crippen LogP contribution is -2.06. The third-order valence-corrected chi connectivity index (χ3v) is 2.62. The highest BCUT2D eigenvalue weighted by atomic mass is 16.1. The third-order valence-electron chi connectivity index (χ3n) is 2.62. The van der Waals surface area contributed by atoms with Crippen LogP contribution in [-0.4, -0.2) is 10.9 Å². The van der Waals surface area contributed by atoms with E-state index >= 15 is 0 Å². The summed E-state index contributed by atoms with van der Waals surface area (Å²) in [5.41, 5.74) is 3.82. The van der Waals surface area contributed by atoms with Crippen molar-refractivity contribution in [3.8, 4) is 0 Å². The number of amides is 1. The molecule has 1 heterocycles. The van der Waals surface area contributed by atoms with Gasteiger partial charge in [-0.15, -0.1) is 0 Å². The molecular weight excluding hydrogens is 238 g/mol. The number of carbonyl (C=O) groups is 1. The van der Waals surface area contributed by atoms with Crippen LogP contribution in [0.5, 0.6) is 0 Å². The molecule has 1 amide bonds. The van der Waals surface area contributed by atoms with Gasteiger partial charge < -0.3 is 10.6 Å². The number of nitrogens with one attached hydrogen (secondary N) is 2. The van der Waals surface area contributed by atoms with E-state index in [0.29, 0.717) is 6.54 Å². The maximum absolute atomic E-state index is 10.9. The number of hydrogen-bond donors (Lipinski definition) is 2. The summed E-state index contributed by atoms with van der Waals surface area (Å²) in [6, 6.07) is 13.6. The standard InChI is InChI=1S/C15H17N3O/c1-11-4-3-5-15(17-11)10-16-13-6-8-14(9-7-13)18-12(2)19/h3-9,16H,10H2,1-2H3,(H,18,19). The summed E-state index contributed by atoms with van der Waals surface area (Å²) >= 11 is 0. The molecule has 1 aromatic heterocycles. The van der Waals surface area contributed by atoms with Gasteiger partial charge in [-0.2, -0.15) is 0 Å². The third kappa shape index (κ3) is 4.10. The van der Waals surface area contributed by atoms with Crippen LogP contribution in [0, 0.1) is 6.92 Å². The van der Waals surface area contributed by atoms with Crippen LogP contribution < -0.4 is 10.6 Å². The summed E-state index contributed by atoms with van der Waals surface area (Å²) in [6.45, 7) is 4.16. The smallest absolute Gasteiger partial charge is 0.221 e. The zero-order valence-electron chi connectivity index (χ0n) is 11.1. The van der Waals surface area contributed by atoms with Crippen molar-refractivity contribution in [3.05, 3.63) is 53.9 Å². The first kappa shape index (κ1) is 13.1. The van der Waals surface area contributed by atoms with Gasteiger partial charge in [0.1, 0.15) is 0 Å². The minimum absolute atomic E-state index is 0.0651. The van der Waals surface area contributed by atoms with Crippen LogP contribution >= 0.6 is 0 Å². The molecule has 0 aliphatic heterocycles. The van der Waals surface area contributed by atoms with Gasteiger partial charge in [0.2, 0.25) is 5.91 Å². The number of hydrogen-bond acceptors (Lipinski definition) is 3. The molecule has 0 fully saturated rings. The molecule has 0 spiro atoms. The molecule has 4 heteroatoms. The minimum atomic E-state index is -0.0651. The van der Waals surface area contributed by atoms with E-state index in [0.717, 1.165) is 22.8 Å². The molecule has 0 unspecified atom stereocenters. The van der Waals surface area contributed by atoms with E-state index in [1.54, 1.807) is 0 Å². The van der Waals surface area contributed by atoms with Gasteiger partial charge >= 0.3 is 0 Å². The van der Waals surface area contributed by atoms with Crippen molar-refractivity contribution < 1.29 is 4.79 Å². The Morgan fingerprint density at radius 1 is 1.11 bits per heavy atom. The van der Waals surface area contributed by atoms with Crippen LogP contribution in [-0.2, 0) is 11.3 Å². The van der Waals surface area contributed by atoms with Gasteiger partial charge in [-0.3, -0.25) is 9.78 Å². The number of carbonyl (C=O) groups excluding carboxylic acids is 1.